The molecule has 0 aliphatic carbocycles. The van der Waals surface area contributed by atoms with Gasteiger partial charge < -0.3 is 14.6 Å². The molecule has 1 N–H and O–H groups in total. The standard InChI is InChI=1S/C11H18N4O/c1-16-5-4-15-7-12-14-11(15)9-6-8-2-3-10(9)13-8/h7-10,13H,2-6H2,1H3. The zero-order valence-corrected chi connectivity index (χ0v) is 9.59. The van der Waals surface area contributed by atoms with Gasteiger partial charge in [-0.3, -0.25) is 0 Å². The van der Waals surface area contributed by atoms with E-state index in [9.17, 15) is 0 Å². The van der Waals surface area contributed by atoms with Crippen molar-refractivity contribution in [3.8, 4) is 0 Å². The van der Waals surface area contributed by atoms with E-state index in [0.29, 0.717) is 18.0 Å². The lowest BCUT2D eigenvalue weighted by molar-refractivity contribution is 0.185. The highest BCUT2D eigenvalue weighted by molar-refractivity contribution is 5.11. The first-order valence-corrected chi connectivity index (χ1v) is 6.01. The molecule has 3 rings (SSSR count). The van der Waals surface area contributed by atoms with E-state index in [4.69, 9.17) is 4.74 Å². The van der Waals surface area contributed by atoms with Crippen molar-refractivity contribution in [2.45, 2.75) is 43.8 Å². The molecule has 2 aliphatic heterocycles. The molecule has 1 aromatic heterocycles. The number of fused-ring (bicyclic) bond motifs is 2. The molecule has 2 bridgehead atoms. The summed E-state index contributed by atoms with van der Waals surface area (Å²) in [6, 6.07) is 1.33. The summed E-state index contributed by atoms with van der Waals surface area (Å²) in [5.41, 5.74) is 0. The average molecular weight is 222 g/mol. The third-order valence-corrected chi connectivity index (χ3v) is 3.81. The highest BCUT2D eigenvalue weighted by Crippen LogP contribution is 2.38. The van der Waals surface area contributed by atoms with Crippen LogP contribution in [0, 0.1) is 0 Å². The number of hydrogen-bond donors (Lipinski definition) is 1. The van der Waals surface area contributed by atoms with Gasteiger partial charge in [0.25, 0.3) is 0 Å². The first kappa shape index (κ1) is 10.2. The van der Waals surface area contributed by atoms with Gasteiger partial charge in [-0.25, -0.2) is 0 Å². The van der Waals surface area contributed by atoms with Crippen LogP contribution in [0.2, 0.25) is 0 Å². The number of nitrogens with zero attached hydrogens (tertiary/aromatic N) is 3. The lowest BCUT2D eigenvalue weighted by atomic mass is 9.88. The van der Waals surface area contributed by atoms with Gasteiger partial charge in [-0.1, -0.05) is 0 Å². The van der Waals surface area contributed by atoms with Crippen molar-refractivity contribution >= 4 is 0 Å². The van der Waals surface area contributed by atoms with Crippen LogP contribution in [-0.2, 0) is 11.3 Å². The first-order chi connectivity index (χ1) is 7.88. The smallest absolute Gasteiger partial charge is 0.137 e. The fourth-order valence-corrected chi connectivity index (χ4v) is 3.02. The molecule has 0 amide bonds. The second-order valence-corrected chi connectivity index (χ2v) is 4.76. The van der Waals surface area contributed by atoms with Gasteiger partial charge in [-0.2, -0.15) is 0 Å². The lowest BCUT2D eigenvalue weighted by Crippen LogP contribution is -2.24. The van der Waals surface area contributed by atoms with E-state index in [2.05, 4.69) is 20.1 Å². The highest BCUT2D eigenvalue weighted by Gasteiger charge is 2.41. The number of nitrogens with one attached hydrogen (secondary N) is 1. The molecule has 0 spiro atoms. The van der Waals surface area contributed by atoms with Crippen LogP contribution in [-0.4, -0.2) is 40.6 Å². The molecule has 2 fully saturated rings. The summed E-state index contributed by atoms with van der Waals surface area (Å²) in [6.07, 6.45) is 5.65. The SMILES string of the molecule is COCCn1cnnc1C1CC2CCC1N2. The van der Waals surface area contributed by atoms with Crippen LogP contribution in [0.5, 0.6) is 0 Å². The van der Waals surface area contributed by atoms with E-state index in [1.54, 1.807) is 7.11 Å². The Kier molecular flexibility index (Phi) is 2.65. The van der Waals surface area contributed by atoms with Crippen molar-refractivity contribution in [2.24, 2.45) is 0 Å². The lowest BCUT2D eigenvalue weighted by Gasteiger charge is -2.19. The highest BCUT2D eigenvalue weighted by atomic mass is 16.5. The molecule has 0 aromatic carbocycles. The number of rotatable bonds is 4. The van der Waals surface area contributed by atoms with E-state index in [-0.39, 0.29) is 0 Å². The van der Waals surface area contributed by atoms with Crippen molar-refractivity contribution in [3.63, 3.8) is 0 Å². The molecule has 16 heavy (non-hydrogen) atoms. The minimum atomic E-state index is 0.554. The normalized spacial score (nSPS) is 32.4. The number of hydrogen-bond acceptors (Lipinski definition) is 4. The Morgan fingerprint density at radius 2 is 2.50 bits per heavy atom. The minimum Gasteiger partial charge on any atom is -0.383 e. The summed E-state index contributed by atoms with van der Waals surface area (Å²) in [4.78, 5) is 0. The zero-order valence-electron chi connectivity index (χ0n) is 9.59. The van der Waals surface area contributed by atoms with Gasteiger partial charge >= 0.3 is 0 Å². The molecule has 2 aliphatic rings. The summed E-state index contributed by atoms with van der Waals surface area (Å²) in [7, 11) is 1.73. The fourth-order valence-electron chi connectivity index (χ4n) is 3.02. The molecule has 3 atom stereocenters. The summed E-state index contributed by atoms with van der Waals surface area (Å²) in [5.74, 6) is 1.69. The fraction of sp³-hybridized carbons (Fsp3) is 0.818. The third kappa shape index (κ3) is 1.64. The topological polar surface area (TPSA) is 52.0 Å². The van der Waals surface area contributed by atoms with Gasteiger partial charge in [-0.15, -0.1) is 10.2 Å². The Balaban J connectivity index is 1.76. The average Bonchev–Trinajstić information content (AvgIpc) is 3.01. The van der Waals surface area contributed by atoms with Gasteiger partial charge in [0.2, 0.25) is 0 Å². The summed E-state index contributed by atoms with van der Waals surface area (Å²) in [6.45, 7) is 1.58. The van der Waals surface area contributed by atoms with Crippen molar-refractivity contribution in [1.82, 2.24) is 20.1 Å². The number of methoxy groups -OCH3 is 1. The van der Waals surface area contributed by atoms with Crippen LogP contribution in [0.1, 0.15) is 31.0 Å². The number of ether oxygens (including phenoxy) is 1. The molecule has 88 valence electrons. The van der Waals surface area contributed by atoms with Crippen molar-refractivity contribution in [3.05, 3.63) is 12.2 Å². The number of aromatic nitrogens is 3. The van der Waals surface area contributed by atoms with Crippen LogP contribution in [0.25, 0.3) is 0 Å². The molecule has 0 saturated carbocycles. The van der Waals surface area contributed by atoms with Crippen LogP contribution >= 0.6 is 0 Å². The van der Waals surface area contributed by atoms with E-state index in [1.807, 2.05) is 6.33 Å². The van der Waals surface area contributed by atoms with E-state index in [0.717, 1.165) is 19.0 Å². The van der Waals surface area contributed by atoms with Crippen LogP contribution in [0.3, 0.4) is 0 Å². The maximum absolute atomic E-state index is 5.10. The van der Waals surface area contributed by atoms with Gasteiger partial charge in [0.1, 0.15) is 12.2 Å². The predicted octanol–water partition coefficient (Wildman–Crippen LogP) is 0.532. The third-order valence-electron chi connectivity index (χ3n) is 3.81. The molecule has 5 heteroatoms. The molecular weight excluding hydrogens is 204 g/mol. The maximum atomic E-state index is 5.10. The Labute approximate surface area is 95.2 Å². The van der Waals surface area contributed by atoms with Crippen LogP contribution in [0.15, 0.2) is 6.33 Å². The maximum Gasteiger partial charge on any atom is 0.137 e. The summed E-state index contributed by atoms with van der Waals surface area (Å²) < 4.78 is 7.24. The monoisotopic (exact) mass is 222 g/mol. The minimum absolute atomic E-state index is 0.554. The van der Waals surface area contributed by atoms with Crippen LogP contribution in [0.4, 0.5) is 0 Å². The largest absolute Gasteiger partial charge is 0.383 e. The Hall–Kier alpha value is -0.940. The Morgan fingerprint density at radius 3 is 3.19 bits per heavy atom. The summed E-state index contributed by atoms with van der Waals surface area (Å²) in [5, 5.41) is 12.0. The van der Waals surface area contributed by atoms with Gasteiger partial charge in [-0.05, 0) is 19.3 Å². The van der Waals surface area contributed by atoms with Gasteiger partial charge in [0.05, 0.1) is 6.61 Å². The molecular formula is C11H18N4O. The van der Waals surface area contributed by atoms with Gasteiger partial charge in [0.15, 0.2) is 0 Å². The molecule has 5 nitrogen and oxygen atoms in total. The zero-order chi connectivity index (χ0) is 11.0. The van der Waals surface area contributed by atoms with Crippen molar-refractivity contribution < 1.29 is 4.74 Å². The second kappa shape index (κ2) is 4.14. The molecule has 3 unspecified atom stereocenters. The molecule has 2 saturated heterocycles. The van der Waals surface area contributed by atoms with Crippen molar-refractivity contribution in [2.75, 3.05) is 13.7 Å². The molecule has 1 aromatic rings. The Bertz CT molecular complexity index is 365. The van der Waals surface area contributed by atoms with Crippen molar-refractivity contribution in [1.29, 1.82) is 0 Å². The van der Waals surface area contributed by atoms with E-state index >= 15 is 0 Å². The van der Waals surface area contributed by atoms with E-state index < -0.39 is 0 Å². The second-order valence-electron chi connectivity index (χ2n) is 4.76. The Morgan fingerprint density at radius 1 is 1.56 bits per heavy atom. The predicted molar refractivity (Wildman–Crippen MR) is 59.2 cm³/mol. The summed E-state index contributed by atoms with van der Waals surface area (Å²) >= 11 is 0. The van der Waals surface area contributed by atoms with E-state index in [1.165, 1.54) is 19.3 Å². The van der Waals surface area contributed by atoms with Gasteiger partial charge in [0, 0.05) is 31.7 Å². The first-order valence-electron chi connectivity index (χ1n) is 6.01. The van der Waals surface area contributed by atoms with Crippen LogP contribution < -0.4 is 5.32 Å². The molecule has 3 heterocycles. The quantitative estimate of drug-likeness (QED) is 0.807. The molecule has 0 radical (unpaired) electrons.